The number of carbonyl (C=O) groups is 1. The predicted molar refractivity (Wildman–Crippen MR) is 74.9 cm³/mol. The molecule has 0 bridgehead atoms. The van der Waals surface area contributed by atoms with E-state index in [-0.39, 0.29) is 5.91 Å². The lowest BCUT2D eigenvalue weighted by molar-refractivity contribution is -0.169. The van der Waals surface area contributed by atoms with E-state index in [1.54, 1.807) is 7.05 Å². The Morgan fingerprint density at radius 2 is 1.84 bits per heavy atom. The minimum atomic E-state index is -0.00402. The van der Waals surface area contributed by atoms with Crippen LogP contribution in [0.25, 0.3) is 0 Å². The van der Waals surface area contributed by atoms with E-state index in [1.807, 2.05) is 6.07 Å². The molecule has 1 fully saturated rings. The molecule has 1 amide bonds. The smallest absolute Gasteiger partial charge is 0.259 e. The fourth-order valence-corrected chi connectivity index (χ4v) is 2.20. The van der Waals surface area contributed by atoms with Crippen molar-refractivity contribution in [3.05, 3.63) is 30.3 Å². The van der Waals surface area contributed by atoms with Gasteiger partial charge in [-0.05, 0) is 12.1 Å². The summed E-state index contributed by atoms with van der Waals surface area (Å²) in [4.78, 5) is 21.1. The predicted octanol–water partition coefficient (Wildman–Crippen LogP) is 0.828. The van der Waals surface area contributed by atoms with Crippen LogP contribution in [0.3, 0.4) is 0 Å². The van der Waals surface area contributed by atoms with Gasteiger partial charge in [0.15, 0.2) is 0 Å². The van der Waals surface area contributed by atoms with Crippen LogP contribution >= 0.6 is 0 Å². The first-order chi connectivity index (χ1) is 9.20. The van der Waals surface area contributed by atoms with Crippen molar-refractivity contribution in [1.29, 1.82) is 0 Å². The standard InChI is InChI=1S/C14H21N3O2/c1-15(19-2)14(18)12-16-8-10-17(11-9-16)13-6-4-3-5-7-13/h3-7H,8-12H2,1-2H3. The summed E-state index contributed by atoms with van der Waals surface area (Å²) in [7, 11) is 3.15. The van der Waals surface area contributed by atoms with Crippen molar-refractivity contribution >= 4 is 11.6 Å². The van der Waals surface area contributed by atoms with Crippen LogP contribution in [0.5, 0.6) is 0 Å². The van der Waals surface area contributed by atoms with E-state index in [9.17, 15) is 4.79 Å². The van der Waals surface area contributed by atoms with Gasteiger partial charge in [-0.2, -0.15) is 0 Å². The Bertz CT molecular complexity index is 402. The van der Waals surface area contributed by atoms with E-state index < -0.39 is 0 Å². The van der Waals surface area contributed by atoms with Gasteiger partial charge in [0.05, 0.1) is 13.7 Å². The second kappa shape index (κ2) is 6.54. The molecule has 1 heterocycles. The highest BCUT2D eigenvalue weighted by Crippen LogP contribution is 2.15. The lowest BCUT2D eigenvalue weighted by Crippen LogP contribution is -2.49. The number of hydroxylamine groups is 2. The summed E-state index contributed by atoms with van der Waals surface area (Å²) < 4.78 is 0. The van der Waals surface area contributed by atoms with Crippen molar-refractivity contribution in [2.24, 2.45) is 0 Å². The average Bonchev–Trinajstić information content (AvgIpc) is 2.48. The minimum Gasteiger partial charge on any atom is -0.369 e. The number of amides is 1. The van der Waals surface area contributed by atoms with E-state index >= 15 is 0 Å². The van der Waals surface area contributed by atoms with E-state index in [1.165, 1.54) is 17.9 Å². The fraction of sp³-hybridized carbons (Fsp3) is 0.500. The molecule has 1 saturated heterocycles. The van der Waals surface area contributed by atoms with Crippen molar-refractivity contribution < 1.29 is 9.63 Å². The zero-order chi connectivity index (χ0) is 13.7. The zero-order valence-corrected chi connectivity index (χ0v) is 11.6. The lowest BCUT2D eigenvalue weighted by Gasteiger charge is -2.36. The van der Waals surface area contributed by atoms with Crippen LogP contribution in [0.15, 0.2) is 30.3 Å². The maximum absolute atomic E-state index is 11.7. The second-order valence-corrected chi connectivity index (χ2v) is 4.67. The van der Waals surface area contributed by atoms with Crippen LogP contribution in [-0.4, -0.2) is 62.8 Å². The van der Waals surface area contributed by atoms with Crippen molar-refractivity contribution in [3.63, 3.8) is 0 Å². The van der Waals surface area contributed by atoms with Gasteiger partial charge in [0.1, 0.15) is 0 Å². The Labute approximate surface area is 114 Å². The molecule has 1 aliphatic rings. The second-order valence-electron chi connectivity index (χ2n) is 4.67. The first-order valence-corrected chi connectivity index (χ1v) is 6.53. The SMILES string of the molecule is CON(C)C(=O)CN1CCN(c2ccccc2)CC1. The summed E-state index contributed by atoms with van der Waals surface area (Å²) in [5.41, 5.74) is 1.25. The van der Waals surface area contributed by atoms with Gasteiger partial charge >= 0.3 is 0 Å². The summed E-state index contributed by atoms with van der Waals surface area (Å²) in [5.74, 6) is -0.00402. The Morgan fingerprint density at radius 1 is 1.21 bits per heavy atom. The number of rotatable bonds is 4. The largest absolute Gasteiger partial charge is 0.369 e. The van der Waals surface area contributed by atoms with Crippen LogP contribution in [0, 0.1) is 0 Å². The summed E-state index contributed by atoms with van der Waals surface area (Å²) >= 11 is 0. The van der Waals surface area contributed by atoms with Gasteiger partial charge in [-0.3, -0.25) is 14.5 Å². The fourth-order valence-electron chi connectivity index (χ4n) is 2.20. The molecule has 1 aromatic carbocycles. The minimum absolute atomic E-state index is 0.00402. The third-order valence-electron chi connectivity index (χ3n) is 3.48. The normalized spacial score (nSPS) is 16.4. The van der Waals surface area contributed by atoms with E-state index in [2.05, 4.69) is 34.1 Å². The highest BCUT2D eigenvalue weighted by atomic mass is 16.7. The van der Waals surface area contributed by atoms with E-state index in [0.717, 1.165) is 26.2 Å². The Hall–Kier alpha value is -1.59. The third-order valence-corrected chi connectivity index (χ3v) is 3.48. The van der Waals surface area contributed by atoms with Gasteiger partial charge in [-0.1, -0.05) is 18.2 Å². The van der Waals surface area contributed by atoms with Crippen molar-refractivity contribution in [2.75, 3.05) is 51.8 Å². The first kappa shape index (κ1) is 13.8. The van der Waals surface area contributed by atoms with E-state index in [0.29, 0.717) is 6.54 Å². The average molecular weight is 263 g/mol. The molecule has 0 atom stereocenters. The molecule has 0 spiro atoms. The monoisotopic (exact) mass is 263 g/mol. The quantitative estimate of drug-likeness (QED) is 0.754. The molecule has 104 valence electrons. The third kappa shape index (κ3) is 3.68. The zero-order valence-electron chi connectivity index (χ0n) is 11.6. The molecule has 0 unspecified atom stereocenters. The van der Waals surface area contributed by atoms with Gasteiger partial charge in [0.25, 0.3) is 5.91 Å². The number of para-hydroxylation sites is 1. The van der Waals surface area contributed by atoms with Crippen LogP contribution < -0.4 is 4.90 Å². The number of nitrogens with zero attached hydrogens (tertiary/aromatic N) is 3. The van der Waals surface area contributed by atoms with Gasteiger partial charge < -0.3 is 4.90 Å². The van der Waals surface area contributed by atoms with Gasteiger partial charge in [-0.25, -0.2) is 5.06 Å². The molecular formula is C14H21N3O2. The molecule has 0 aliphatic carbocycles. The molecule has 5 heteroatoms. The number of hydrogen-bond acceptors (Lipinski definition) is 4. The Balaban J connectivity index is 1.81. The Morgan fingerprint density at radius 3 is 2.42 bits per heavy atom. The molecule has 1 aromatic rings. The number of carbonyl (C=O) groups excluding carboxylic acids is 1. The first-order valence-electron chi connectivity index (χ1n) is 6.53. The van der Waals surface area contributed by atoms with Gasteiger partial charge in [-0.15, -0.1) is 0 Å². The summed E-state index contributed by atoms with van der Waals surface area (Å²) in [6.45, 7) is 4.13. The topological polar surface area (TPSA) is 36.0 Å². The van der Waals surface area contributed by atoms with Crippen LogP contribution in [0.1, 0.15) is 0 Å². The summed E-state index contributed by atoms with van der Waals surface area (Å²) in [5, 5.41) is 1.28. The molecule has 0 N–H and O–H groups in total. The van der Waals surface area contributed by atoms with Crippen molar-refractivity contribution in [1.82, 2.24) is 9.96 Å². The number of hydrogen-bond donors (Lipinski definition) is 0. The molecule has 5 nitrogen and oxygen atoms in total. The van der Waals surface area contributed by atoms with Gasteiger partial charge in [0, 0.05) is 38.9 Å². The molecular weight excluding hydrogens is 242 g/mol. The maximum Gasteiger partial charge on any atom is 0.259 e. The number of benzene rings is 1. The van der Waals surface area contributed by atoms with Crippen molar-refractivity contribution in [2.45, 2.75) is 0 Å². The highest BCUT2D eigenvalue weighted by Gasteiger charge is 2.20. The number of anilines is 1. The molecule has 19 heavy (non-hydrogen) atoms. The molecule has 0 saturated carbocycles. The maximum atomic E-state index is 11.7. The Kier molecular flexibility index (Phi) is 4.76. The molecule has 0 aromatic heterocycles. The summed E-state index contributed by atoms with van der Waals surface area (Å²) in [6, 6.07) is 10.4. The van der Waals surface area contributed by atoms with Crippen molar-refractivity contribution in [3.8, 4) is 0 Å². The molecule has 0 radical (unpaired) electrons. The molecule has 1 aliphatic heterocycles. The van der Waals surface area contributed by atoms with Crippen LogP contribution in [-0.2, 0) is 9.63 Å². The molecule has 2 rings (SSSR count). The van der Waals surface area contributed by atoms with Crippen LogP contribution in [0.2, 0.25) is 0 Å². The summed E-state index contributed by atoms with van der Waals surface area (Å²) in [6.07, 6.45) is 0. The number of likely N-dealkylation sites (N-methyl/N-ethyl adjacent to an activating group) is 1. The lowest BCUT2D eigenvalue weighted by atomic mass is 10.2. The van der Waals surface area contributed by atoms with Crippen LogP contribution in [0.4, 0.5) is 5.69 Å². The number of piperazine rings is 1. The van der Waals surface area contributed by atoms with Gasteiger partial charge in [0.2, 0.25) is 0 Å². The highest BCUT2D eigenvalue weighted by molar-refractivity contribution is 5.76. The van der Waals surface area contributed by atoms with E-state index in [4.69, 9.17) is 4.84 Å².